The van der Waals surface area contributed by atoms with Gasteiger partial charge in [0.1, 0.15) is 0 Å². The zero-order chi connectivity index (χ0) is 21.5. The summed E-state index contributed by atoms with van der Waals surface area (Å²) in [6.45, 7) is 2.69. The molecule has 1 fully saturated rings. The van der Waals surface area contributed by atoms with E-state index >= 15 is 0 Å². The summed E-state index contributed by atoms with van der Waals surface area (Å²) in [5.74, 6) is -0.748. The monoisotopic (exact) mass is 412 g/mol. The van der Waals surface area contributed by atoms with Crippen LogP contribution in [0.2, 0.25) is 0 Å². The quantitative estimate of drug-likeness (QED) is 0.259. The van der Waals surface area contributed by atoms with E-state index in [0.29, 0.717) is 43.6 Å². The van der Waals surface area contributed by atoms with Crippen LogP contribution in [0.25, 0.3) is 0 Å². The Morgan fingerprint density at radius 2 is 1.17 bits per heavy atom. The molecule has 6 nitrogen and oxygen atoms in total. The minimum atomic E-state index is -0.785. The predicted octanol–water partition coefficient (Wildman–Crippen LogP) is 5.43. The van der Waals surface area contributed by atoms with Crippen molar-refractivity contribution in [1.82, 2.24) is 0 Å². The second-order valence-corrected chi connectivity index (χ2v) is 8.70. The number of aliphatic carboxylic acids is 2. The molecular weight excluding hydrogens is 372 g/mol. The van der Waals surface area contributed by atoms with Gasteiger partial charge in [-0.2, -0.15) is 0 Å². The smallest absolute Gasteiger partial charge is 0.305 e. The van der Waals surface area contributed by atoms with E-state index in [2.05, 4.69) is 6.92 Å². The van der Waals surface area contributed by atoms with Crippen LogP contribution < -0.4 is 0 Å². The molecule has 1 aliphatic rings. The molecule has 0 spiro atoms. The van der Waals surface area contributed by atoms with Crippen LogP contribution in [0.3, 0.4) is 0 Å². The lowest BCUT2D eigenvalue weighted by Gasteiger charge is -2.35. The number of rotatable bonds is 16. The Balaban J connectivity index is 2.31. The Morgan fingerprint density at radius 3 is 1.66 bits per heavy atom. The highest BCUT2D eigenvalue weighted by Gasteiger charge is 2.29. The second-order valence-electron chi connectivity index (χ2n) is 8.70. The van der Waals surface area contributed by atoms with Crippen molar-refractivity contribution in [3.8, 4) is 0 Å². The molecule has 2 N–H and O–H groups in total. The third kappa shape index (κ3) is 13.3. The molecule has 0 aromatic rings. The fourth-order valence-electron chi connectivity index (χ4n) is 4.53. The summed E-state index contributed by atoms with van der Waals surface area (Å²) in [6.07, 6.45) is 12.5. The molecule has 0 saturated heterocycles. The number of carbonyl (C=O) groups is 3. The number of hydrogen-bond acceptors (Lipinski definition) is 4. The van der Waals surface area contributed by atoms with Crippen molar-refractivity contribution in [2.75, 3.05) is 6.61 Å². The molecule has 6 heteroatoms. The Bertz CT molecular complexity index is 464. The molecule has 29 heavy (non-hydrogen) atoms. The zero-order valence-corrected chi connectivity index (χ0v) is 18.1. The lowest BCUT2D eigenvalue weighted by Crippen LogP contribution is -2.25. The maximum absolute atomic E-state index is 12.0. The van der Waals surface area contributed by atoms with Crippen molar-refractivity contribution < 1.29 is 29.3 Å². The van der Waals surface area contributed by atoms with E-state index in [9.17, 15) is 14.4 Å². The normalized spacial score (nSPS) is 21.6. The van der Waals surface area contributed by atoms with Crippen molar-refractivity contribution in [3.05, 3.63) is 0 Å². The van der Waals surface area contributed by atoms with Crippen LogP contribution in [0.1, 0.15) is 103 Å². The lowest BCUT2D eigenvalue weighted by molar-refractivity contribution is -0.144. The van der Waals surface area contributed by atoms with Gasteiger partial charge in [-0.3, -0.25) is 14.4 Å². The van der Waals surface area contributed by atoms with E-state index in [0.717, 1.165) is 38.5 Å². The number of ether oxygens (including phenoxy) is 1. The first-order valence-electron chi connectivity index (χ1n) is 11.5. The molecule has 0 aromatic carbocycles. The number of hydrogen-bond donors (Lipinski definition) is 2. The number of esters is 1. The molecule has 0 amide bonds. The molecule has 1 saturated carbocycles. The van der Waals surface area contributed by atoms with Gasteiger partial charge in [0.25, 0.3) is 0 Å². The summed E-state index contributed by atoms with van der Waals surface area (Å²) < 4.78 is 5.36. The van der Waals surface area contributed by atoms with Crippen LogP contribution in [-0.2, 0) is 19.1 Å². The molecule has 2 atom stereocenters. The molecule has 1 rings (SSSR count). The van der Waals surface area contributed by atoms with Gasteiger partial charge < -0.3 is 14.9 Å². The van der Waals surface area contributed by atoms with Crippen molar-refractivity contribution in [2.24, 2.45) is 17.8 Å². The van der Waals surface area contributed by atoms with Crippen molar-refractivity contribution in [3.63, 3.8) is 0 Å². The summed E-state index contributed by atoms with van der Waals surface area (Å²) in [6, 6.07) is 0. The van der Waals surface area contributed by atoms with E-state index < -0.39 is 11.9 Å². The Labute approximate surface area is 175 Å². The fourth-order valence-corrected chi connectivity index (χ4v) is 4.53. The highest BCUT2D eigenvalue weighted by atomic mass is 16.5. The van der Waals surface area contributed by atoms with Crippen molar-refractivity contribution >= 4 is 17.9 Å². The molecule has 1 aliphatic carbocycles. The van der Waals surface area contributed by atoms with Gasteiger partial charge in [-0.25, -0.2) is 0 Å². The molecule has 0 aliphatic heterocycles. The molecule has 168 valence electrons. The topological polar surface area (TPSA) is 101 Å². The number of carboxylic acid groups (broad SMARTS) is 2. The first-order valence-corrected chi connectivity index (χ1v) is 11.5. The predicted molar refractivity (Wildman–Crippen MR) is 112 cm³/mol. The van der Waals surface area contributed by atoms with Gasteiger partial charge in [0.2, 0.25) is 0 Å². The molecule has 0 radical (unpaired) electrons. The highest BCUT2D eigenvalue weighted by Crippen LogP contribution is 2.39. The maximum Gasteiger partial charge on any atom is 0.305 e. The van der Waals surface area contributed by atoms with Crippen molar-refractivity contribution in [2.45, 2.75) is 103 Å². The van der Waals surface area contributed by atoms with Gasteiger partial charge >= 0.3 is 17.9 Å². The summed E-state index contributed by atoms with van der Waals surface area (Å²) >= 11 is 0. The summed E-state index contributed by atoms with van der Waals surface area (Å²) in [5.41, 5.74) is 0. The average molecular weight is 413 g/mol. The van der Waals surface area contributed by atoms with Gasteiger partial charge in [-0.05, 0) is 62.7 Å². The SMILES string of the molecule is CCCCCCCCOC(=O)CCC1CC(CCC(=O)O)CC(CCC(=O)O)C1. The maximum atomic E-state index is 12.0. The molecular formula is C23H40O6. The fraction of sp³-hybridized carbons (Fsp3) is 0.870. The number of unbranched alkanes of at least 4 members (excludes halogenated alkanes) is 5. The second kappa shape index (κ2) is 15.3. The van der Waals surface area contributed by atoms with Crippen LogP contribution in [0.15, 0.2) is 0 Å². The first-order chi connectivity index (χ1) is 13.9. The van der Waals surface area contributed by atoms with Crippen LogP contribution in [-0.4, -0.2) is 34.7 Å². The minimum Gasteiger partial charge on any atom is -0.481 e. The van der Waals surface area contributed by atoms with Crippen molar-refractivity contribution in [1.29, 1.82) is 0 Å². The Kier molecular flexibility index (Phi) is 13.4. The average Bonchev–Trinajstić information content (AvgIpc) is 2.68. The van der Waals surface area contributed by atoms with E-state index in [1.54, 1.807) is 0 Å². The largest absolute Gasteiger partial charge is 0.481 e. The van der Waals surface area contributed by atoms with Gasteiger partial charge in [0, 0.05) is 19.3 Å². The molecule has 0 aromatic heterocycles. The Hall–Kier alpha value is -1.59. The van der Waals surface area contributed by atoms with Crippen LogP contribution in [0.5, 0.6) is 0 Å². The molecule has 2 unspecified atom stereocenters. The van der Waals surface area contributed by atoms with Crippen LogP contribution >= 0.6 is 0 Å². The van der Waals surface area contributed by atoms with E-state index in [-0.39, 0.29) is 18.8 Å². The lowest BCUT2D eigenvalue weighted by atomic mass is 9.71. The molecule has 0 bridgehead atoms. The standard InChI is InChI=1S/C23H40O6/c1-2-3-4-5-6-7-14-29-23(28)13-10-20-16-18(8-11-21(24)25)15-19(17-20)9-12-22(26)27/h18-20H,2-17H2,1H3,(H,24,25)(H,26,27). The van der Waals surface area contributed by atoms with Gasteiger partial charge in [0.05, 0.1) is 6.61 Å². The minimum absolute atomic E-state index is 0.145. The van der Waals surface area contributed by atoms with Gasteiger partial charge in [-0.1, -0.05) is 39.0 Å². The number of carboxylic acids is 2. The van der Waals surface area contributed by atoms with E-state index in [1.165, 1.54) is 25.7 Å². The summed E-state index contributed by atoms with van der Waals surface area (Å²) in [5, 5.41) is 17.9. The van der Waals surface area contributed by atoms with Gasteiger partial charge in [-0.15, -0.1) is 0 Å². The van der Waals surface area contributed by atoms with Gasteiger partial charge in [0.15, 0.2) is 0 Å². The highest BCUT2D eigenvalue weighted by molar-refractivity contribution is 5.69. The third-order valence-electron chi connectivity index (χ3n) is 6.05. The summed E-state index contributed by atoms with van der Waals surface area (Å²) in [4.78, 5) is 33.8. The third-order valence-corrected chi connectivity index (χ3v) is 6.05. The zero-order valence-electron chi connectivity index (χ0n) is 18.1. The van der Waals surface area contributed by atoms with Crippen LogP contribution in [0, 0.1) is 17.8 Å². The van der Waals surface area contributed by atoms with E-state index in [4.69, 9.17) is 14.9 Å². The first kappa shape index (κ1) is 25.4. The molecule has 0 heterocycles. The Morgan fingerprint density at radius 1 is 0.724 bits per heavy atom. The van der Waals surface area contributed by atoms with Crippen LogP contribution in [0.4, 0.5) is 0 Å². The van der Waals surface area contributed by atoms with E-state index in [1.807, 2.05) is 0 Å². The number of carbonyl (C=O) groups excluding carboxylic acids is 1. The summed E-state index contributed by atoms with van der Waals surface area (Å²) in [7, 11) is 0.